The molecule has 2 heterocycles. The molecule has 0 amide bonds. The first-order chi connectivity index (χ1) is 14.0. The first kappa shape index (κ1) is 18.3. The number of fused-ring (bicyclic) bond motifs is 1. The number of carbonyl (C=O) groups excluding carboxylic acids is 1. The highest BCUT2D eigenvalue weighted by molar-refractivity contribution is 6.36. The molecule has 1 aromatic heterocycles. The van der Waals surface area contributed by atoms with Crippen molar-refractivity contribution in [3.05, 3.63) is 75.2 Å². The predicted molar refractivity (Wildman–Crippen MR) is 110 cm³/mol. The van der Waals surface area contributed by atoms with Crippen molar-refractivity contribution in [2.75, 3.05) is 5.32 Å². The molecular formula is C21H15Cl2FN4O. The Morgan fingerprint density at radius 3 is 2.66 bits per heavy atom. The summed E-state index contributed by atoms with van der Waals surface area (Å²) < 4.78 is 15.2. The fourth-order valence-corrected chi connectivity index (χ4v) is 4.39. The van der Waals surface area contributed by atoms with Crippen molar-refractivity contribution in [2.45, 2.75) is 25.3 Å². The average Bonchev–Trinajstić information content (AvgIpc) is 3.10. The summed E-state index contributed by atoms with van der Waals surface area (Å²) in [4.78, 5) is 17.4. The molecule has 1 aliphatic heterocycles. The van der Waals surface area contributed by atoms with Gasteiger partial charge in [-0.3, -0.25) is 4.79 Å². The first-order valence-corrected chi connectivity index (χ1v) is 9.97. The maximum atomic E-state index is 13.5. The van der Waals surface area contributed by atoms with Gasteiger partial charge in [0.05, 0.1) is 5.02 Å². The lowest BCUT2D eigenvalue weighted by atomic mass is 9.85. The van der Waals surface area contributed by atoms with E-state index in [0.29, 0.717) is 39.4 Å². The summed E-state index contributed by atoms with van der Waals surface area (Å²) in [6.07, 6.45) is 2.02. The fourth-order valence-electron chi connectivity index (χ4n) is 3.89. The van der Waals surface area contributed by atoms with Crippen molar-refractivity contribution >= 4 is 34.9 Å². The number of ketones is 1. The van der Waals surface area contributed by atoms with E-state index >= 15 is 0 Å². The van der Waals surface area contributed by atoms with E-state index < -0.39 is 6.04 Å². The molecule has 2 aliphatic rings. The van der Waals surface area contributed by atoms with Crippen molar-refractivity contribution in [1.29, 1.82) is 0 Å². The van der Waals surface area contributed by atoms with Gasteiger partial charge < -0.3 is 5.32 Å². The molecule has 2 aromatic carbocycles. The number of halogens is 3. The number of carbonyl (C=O) groups is 1. The maximum Gasteiger partial charge on any atom is 0.226 e. The fraction of sp³-hybridized carbons (Fsp3) is 0.190. The van der Waals surface area contributed by atoms with Gasteiger partial charge in [0.1, 0.15) is 11.9 Å². The van der Waals surface area contributed by atoms with Gasteiger partial charge in [0.25, 0.3) is 0 Å². The number of anilines is 1. The Bertz CT molecular complexity index is 1170. The maximum absolute atomic E-state index is 13.5. The number of hydrogen-bond acceptors (Lipinski definition) is 4. The molecule has 0 bridgehead atoms. The third-order valence-electron chi connectivity index (χ3n) is 5.23. The second kappa shape index (κ2) is 6.97. The van der Waals surface area contributed by atoms with Crippen LogP contribution in [0.4, 0.5) is 10.3 Å². The number of nitrogens with zero attached hydrogens (tertiary/aromatic N) is 3. The van der Waals surface area contributed by atoms with Crippen molar-refractivity contribution in [1.82, 2.24) is 14.8 Å². The van der Waals surface area contributed by atoms with Crippen LogP contribution < -0.4 is 5.32 Å². The van der Waals surface area contributed by atoms with Crippen LogP contribution in [-0.4, -0.2) is 20.5 Å². The number of nitrogens with one attached hydrogen (secondary N) is 1. The van der Waals surface area contributed by atoms with Crippen LogP contribution in [0, 0.1) is 5.82 Å². The van der Waals surface area contributed by atoms with Crippen LogP contribution in [0.25, 0.3) is 11.4 Å². The van der Waals surface area contributed by atoms with Crippen LogP contribution in [0.1, 0.15) is 30.9 Å². The number of allylic oxidation sites excluding steroid dienone is 2. The quantitative estimate of drug-likeness (QED) is 0.592. The Balaban J connectivity index is 1.68. The molecule has 8 heteroatoms. The normalized spacial score (nSPS) is 18.3. The molecule has 0 spiro atoms. The van der Waals surface area contributed by atoms with Gasteiger partial charge in [-0.05, 0) is 48.7 Å². The Morgan fingerprint density at radius 1 is 1.10 bits per heavy atom. The molecule has 1 atom stereocenters. The Labute approximate surface area is 176 Å². The van der Waals surface area contributed by atoms with Crippen molar-refractivity contribution in [3.8, 4) is 11.4 Å². The lowest BCUT2D eigenvalue weighted by molar-refractivity contribution is -0.116. The number of aromatic nitrogens is 3. The van der Waals surface area contributed by atoms with Gasteiger partial charge in [0, 0.05) is 28.3 Å². The SMILES string of the molecule is O=C1CCCC2=C1C(c1ccc(F)cc1)n1nc(-c3ccc(Cl)cc3Cl)nc1N2. The molecule has 0 fully saturated rings. The zero-order valence-corrected chi connectivity index (χ0v) is 16.6. The average molecular weight is 429 g/mol. The highest BCUT2D eigenvalue weighted by atomic mass is 35.5. The van der Waals surface area contributed by atoms with E-state index in [4.69, 9.17) is 23.2 Å². The second-order valence-corrected chi connectivity index (χ2v) is 7.92. The van der Waals surface area contributed by atoms with Crippen LogP contribution in [-0.2, 0) is 4.79 Å². The Kier molecular flexibility index (Phi) is 4.41. The number of rotatable bonds is 2. The zero-order valence-electron chi connectivity index (χ0n) is 15.1. The molecule has 3 aromatic rings. The van der Waals surface area contributed by atoms with Crippen molar-refractivity contribution < 1.29 is 9.18 Å². The van der Waals surface area contributed by atoms with E-state index in [2.05, 4.69) is 15.4 Å². The number of Topliss-reactive ketones (excluding diaryl/α,β-unsaturated/α-hetero) is 1. The molecule has 1 N–H and O–H groups in total. The molecule has 1 unspecified atom stereocenters. The van der Waals surface area contributed by atoms with Gasteiger partial charge in [-0.1, -0.05) is 35.3 Å². The van der Waals surface area contributed by atoms with Crippen LogP contribution in [0.3, 0.4) is 0 Å². The van der Waals surface area contributed by atoms with Crippen molar-refractivity contribution in [3.63, 3.8) is 0 Å². The smallest absolute Gasteiger partial charge is 0.226 e. The molecule has 0 radical (unpaired) electrons. The minimum atomic E-state index is -0.470. The van der Waals surface area contributed by atoms with Crippen LogP contribution in [0.2, 0.25) is 10.0 Å². The van der Waals surface area contributed by atoms with Gasteiger partial charge in [-0.2, -0.15) is 4.98 Å². The minimum absolute atomic E-state index is 0.0697. The van der Waals surface area contributed by atoms with E-state index in [1.165, 1.54) is 12.1 Å². The molecule has 146 valence electrons. The third-order valence-corrected chi connectivity index (χ3v) is 5.77. The van der Waals surface area contributed by atoms with Crippen molar-refractivity contribution in [2.24, 2.45) is 0 Å². The lowest BCUT2D eigenvalue weighted by Crippen LogP contribution is -2.31. The summed E-state index contributed by atoms with van der Waals surface area (Å²) in [5.41, 5.74) is 2.93. The summed E-state index contributed by atoms with van der Waals surface area (Å²) in [5, 5.41) is 8.88. The molecule has 29 heavy (non-hydrogen) atoms. The lowest BCUT2D eigenvalue weighted by Gasteiger charge is -2.32. The standard InChI is InChI=1S/C21H15Cl2FN4O/c22-12-6-9-14(15(23)10-12)20-26-21-25-16-2-1-3-17(29)18(16)19(28(21)27-20)11-4-7-13(24)8-5-11/h4-10,19H,1-3H2,(H,25,26,27). The summed E-state index contributed by atoms with van der Waals surface area (Å²) in [6, 6.07) is 10.8. The van der Waals surface area contributed by atoms with Crippen LogP contribution in [0.15, 0.2) is 53.7 Å². The van der Waals surface area contributed by atoms with Crippen LogP contribution in [0.5, 0.6) is 0 Å². The van der Waals surface area contributed by atoms with Gasteiger partial charge in [0.15, 0.2) is 11.6 Å². The van der Waals surface area contributed by atoms with E-state index in [0.717, 1.165) is 24.1 Å². The molecule has 5 nitrogen and oxygen atoms in total. The highest BCUT2D eigenvalue weighted by Gasteiger charge is 2.37. The van der Waals surface area contributed by atoms with E-state index in [1.807, 2.05) is 0 Å². The largest absolute Gasteiger partial charge is 0.328 e. The minimum Gasteiger partial charge on any atom is -0.328 e. The number of hydrogen-bond donors (Lipinski definition) is 1. The van der Waals surface area contributed by atoms with E-state index in [1.54, 1.807) is 35.0 Å². The topological polar surface area (TPSA) is 59.8 Å². The van der Waals surface area contributed by atoms with Gasteiger partial charge in [-0.15, -0.1) is 5.10 Å². The summed E-state index contributed by atoms with van der Waals surface area (Å²) in [5.74, 6) is 0.682. The summed E-state index contributed by atoms with van der Waals surface area (Å²) in [7, 11) is 0. The second-order valence-electron chi connectivity index (χ2n) is 7.08. The molecular weight excluding hydrogens is 414 g/mol. The van der Waals surface area contributed by atoms with Gasteiger partial charge >= 0.3 is 0 Å². The number of benzene rings is 2. The third kappa shape index (κ3) is 3.12. The Morgan fingerprint density at radius 2 is 1.90 bits per heavy atom. The van der Waals surface area contributed by atoms with E-state index in [-0.39, 0.29) is 11.6 Å². The predicted octanol–water partition coefficient (Wildman–Crippen LogP) is 5.41. The van der Waals surface area contributed by atoms with Gasteiger partial charge in [-0.25, -0.2) is 9.07 Å². The molecule has 1 aliphatic carbocycles. The highest BCUT2D eigenvalue weighted by Crippen LogP contribution is 2.41. The molecule has 0 saturated heterocycles. The van der Waals surface area contributed by atoms with Crippen LogP contribution >= 0.6 is 23.2 Å². The molecule has 5 rings (SSSR count). The summed E-state index contributed by atoms with van der Waals surface area (Å²) in [6.45, 7) is 0. The monoisotopic (exact) mass is 428 g/mol. The summed E-state index contributed by atoms with van der Waals surface area (Å²) >= 11 is 12.3. The van der Waals surface area contributed by atoms with E-state index in [9.17, 15) is 9.18 Å². The van der Waals surface area contributed by atoms with Gasteiger partial charge in [0.2, 0.25) is 5.95 Å². The molecule has 0 saturated carbocycles. The first-order valence-electron chi connectivity index (χ1n) is 9.22. The zero-order chi connectivity index (χ0) is 20.1. The Hall–Kier alpha value is -2.70.